The van der Waals surface area contributed by atoms with Crippen molar-refractivity contribution in [3.05, 3.63) is 35.5 Å². The van der Waals surface area contributed by atoms with Gasteiger partial charge in [-0.05, 0) is 44.4 Å². The Balaban J connectivity index is 1.43. The summed E-state index contributed by atoms with van der Waals surface area (Å²) in [4.78, 5) is 20.2. The summed E-state index contributed by atoms with van der Waals surface area (Å²) in [6.07, 6.45) is 9.14. The van der Waals surface area contributed by atoms with E-state index in [0.29, 0.717) is 11.6 Å². The Hall–Kier alpha value is -2.14. The van der Waals surface area contributed by atoms with Crippen molar-refractivity contribution >= 4 is 16.8 Å². The van der Waals surface area contributed by atoms with Crippen LogP contribution in [0.1, 0.15) is 61.0 Å². The van der Waals surface area contributed by atoms with Crippen molar-refractivity contribution in [2.45, 2.75) is 64.0 Å². The van der Waals surface area contributed by atoms with Gasteiger partial charge < -0.3 is 10.1 Å². The minimum absolute atomic E-state index is 0.00423. The second kappa shape index (κ2) is 8.48. The van der Waals surface area contributed by atoms with Gasteiger partial charge in [-0.3, -0.25) is 14.7 Å². The minimum atomic E-state index is -0.00423. The van der Waals surface area contributed by atoms with E-state index in [0.717, 1.165) is 41.9 Å². The molecule has 1 aliphatic heterocycles. The van der Waals surface area contributed by atoms with Crippen molar-refractivity contribution in [2.24, 2.45) is 0 Å². The van der Waals surface area contributed by atoms with Crippen LogP contribution in [0.4, 0.5) is 0 Å². The third-order valence-electron chi connectivity index (χ3n) is 6.36. The molecule has 1 N–H and O–H groups in total. The van der Waals surface area contributed by atoms with Crippen LogP contribution in [0.25, 0.3) is 10.9 Å². The molecule has 2 aromatic rings. The molecule has 1 saturated heterocycles. The fraction of sp³-hybridized carbons (Fsp3) is 0.565. The van der Waals surface area contributed by atoms with Gasteiger partial charge in [-0.1, -0.05) is 25.7 Å². The Kier molecular flexibility index (Phi) is 5.81. The van der Waals surface area contributed by atoms with Crippen LogP contribution in [-0.2, 0) is 0 Å². The average Bonchev–Trinajstić information content (AvgIpc) is 2.98. The molecule has 150 valence electrons. The maximum absolute atomic E-state index is 12.9. The van der Waals surface area contributed by atoms with Crippen LogP contribution >= 0.6 is 0 Å². The van der Waals surface area contributed by atoms with Crippen LogP contribution in [0.15, 0.2) is 24.3 Å². The highest BCUT2D eigenvalue weighted by molar-refractivity contribution is 5.99. The predicted octanol–water partition coefficient (Wildman–Crippen LogP) is 4.08. The van der Waals surface area contributed by atoms with E-state index in [1.807, 2.05) is 31.2 Å². The number of benzene rings is 1. The number of hydrogen-bond donors (Lipinski definition) is 1. The largest absolute Gasteiger partial charge is 0.497 e. The number of aromatic nitrogens is 1. The maximum atomic E-state index is 12.9. The van der Waals surface area contributed by atoms with Gasteiger partial charge in [0.2, 0.25) is 0 Å². The highest BCUT2D eigenvalue weighted by Crippen LogP contribution is 2.26. The summed E-state index contributed by atoms with van der Waals surface area (Å²) in [5, 5.41) is 4.22. The van der Waals surface area contributed by atoms with Gasteiger partial charge >= 0.3 is 0 Å². The summed E-state index contributed by atoms with van der Waals surface area (Å²) < 4.78 is 5.27. The first kappa shape index (κ1) is 19.2. The van der Waals surface area contributed by atoms with Crippen LogP contribution in [0.2, 0.25) is 0 Å². The molecule has 28 heavy (non-hydrogen) atoms. The Labute approximate surface area is 167 Å². The number of ether oxygens (including phenoxy) is 1. The van der Waals surface area contributed by atoms with Gasteiger partial charge in [0.05, 0.1) is 23.9 Å². The van der Waals surface area contributed by atoms with Gasteiger partial charge in [0, 0.05) is 36.6 Å². The van der Waals surface area contributed by atoms with E-state index in [-0.39, 0.29) is 11.9 Å². The Morgan fingerprint density at radius 3 is 2.68 bits per heavy atom. The lowest BCUT2D eigenvalue weighted by molar-refractivity contribution is 0.0934. The summed E-state index contributed by atoms with van der Waals surface area (Å²) in [6, 6.07) is 8.67. The predicted molar refractivity (Wildman–Crippen MR) is 112 cm³/mol. The number of pyridine rings is 1. The normalized spacial score (nSPS) is 21.6. The number of nitrogens with one attached hydrogen (secondary N) is 1. The molecule has 1 aromatic heterocycles. The third-order valence-corrected chi connectivity index (χ3v) is 6.36. The highest BCUT2D eigenvalue weighted by atomic mass is 16.5. The molecule has 1 unspecified atom stereocenters. The number of nitrogens with zero attached hydrogens (tertiary/aromatic N) is 2. The van der Waals surface area contributed by atoms with Crippen LogP contribution in [-0.4, -0.2) is 48.1 Å². The van der Waals surface area contributed by atoms with E-state index in [2.05, 4.69) is 15.2 Å². The average molecular weight is 382 g/mol. The molecule has 2 heterocycles. The third kappa shape index (κ3) is 4.14. The molecule has 1 amide bonds. The van der Waals surface area contributed by atoms with Gasteiger partial charge in [-0.15, -0.1) is 0 Å². The first-order valence-electron chi connectivity index (χ1n) is 10.6. The van der Waals surface area contributed by atoms with E-state index < -0.39 is 0 Å². The number of aryl methyl sites for hydroxylation is 1. The SMILES string of the molecule is COc1ccc2cc(C(=O)NC3CCN(C4CCCCCC4)C3)c(C)nc2c1. The molecule has 5 nitrogen and oxygen atoms in total. The second-order valence-electron chi connectivity index (χ2n) is 8.28. The zero-order chi connectivity index (χ0) is 19.5. The van der Waals surface area contributed by atoms with Crippen molar-refractivity contribution < 1.29 is 9.53 Å². The van der Waals surface area contributed by atoms with Crippen LogP contribution in [0.3, 0.4) is 0 Å². The van der Waals surface area contributed by atoms with Crippen molar-refractivity contribution in [3.63, 3.8) is 0 Å². The van der Waals surface area contributed by atoms with Crippen molar-refractivity contribution in [1.82, 2.24) is 15.2 Å². The second-order valence-corrected chi connectivity index (χ2v) is 8.28. The molecule has 5 heteroatoms. The molecule has 1 aromatic carbocycles. The molecule has 2 aliphatic rings. The standard InChI is InChI=1S/C23H31N3O2/c1-16-21(13-17-9-10-20(28-2)14-22(17)24-16)23(27)25-18-11-12-26(15-18)19-7-5-3-4-6-8-19/h9-10,13-14,18-19H,3-8,11-12,15H2,1-2H3,(H,25,27). The zero-order valence-corrected chi connectivity index (χ0v) is 17.0. The molecule has 0 radical (unpaired) electrons. The molecule has 1 atom stereocenters. The number of carbonyl (C=O) groups excluding carboxylic acids is 1. The monoisotopic (exact) mass is 381 g/mol. The van der Waals surface area contributed by atoms with Crippen LogP contribution in [0, 0.1) is 6.92 Å². The smallest absolute Gasteiger partial charge is 0.253 e. The Morgan fingerprint density at radius 2 is 1.93 bits per heavy atom. The topological polar surface area (TPSA) is 54.5 Å². The maximum Gasteiger partial charge on any atom is 0.253 e. The van der Waals surface area contributed by atoms with E-state index in [4.69, 9.17) is 4.74 Å². The van der Waals surface area contributed by atoms with Crippen LogP contribution < -0.4 is 10.1 Å². The summed E-state index contributed by atoms with van der Waals surface area (Å²) in [7, 11) is 1.65. The van der Waals surface area contributed by atoms with Gasteiger partial charge in [0.15, 0.2) is 0 Å². The number of rotatable bonds is 4. The van der Waals surface area contributed by atoms with Gasteiger partial charge in [0.25, 0.3) is 5.91 Å². The number of carbonyl (C=O) groups is 1. The fourth-order valence-electron chi connectivity index (χ4n) is 4.72. The molecular weight excluding hydrogens is 350 g/mol. The molecule has 2 fully saturated rings. The van der Waals surface area contributed by atoms with Crippen molar-refractivity contribution in [2.75, 3.05) is 20.2 Å². The lowest BCUT2D eigenvalue weighted by Crippen LogP contribution is -2.40. The zero-order valence-electron chi connectivity index (χ0n) is 17.0. The number of amides is 1. The minimum Gasteiger partial charge on any atom is -0.497 e. The van der Waals surface area contributed by atoms with Gasteiger partial charge in [0.1, 0.15) is 5.75 Å². The van der Waals surface area contributed by atoms with Gasteiger partial charge in [-0.2, -0.15) is 0 Å². The lowest BCUT2D eigenvalue weighted by atomic mass is 10.1. The fourth-order valence-corrected chi connectivity index (χ4v) is 4.72. The van der Waals surface area contributed by atoms with Crippen molar-refractivity contribution in [1.29, 1.82) is 0 Å². The number of hydrogen-bond acceptors (Lipinski definition) is 4. The number of likely N-dealkylation sites (tertiary alicyclic amines) is 1. The van der Waals surface area contributed by atoms with E-state index in [1.165, 1.54) is 38.5 Å². The van der Waals surface area contributed by atoms with E-state index in [9.17, 15) is 4.79 Å². The quantitative estimate of drug-likeness (QED) is 0.811. The Bertz CT molecular complexity index is 843. The van der Waals surface area contributed by atoms with Crippen LogP contribution in [0.5, 0.6) is 5.75 Å². The summed E-state index contributed by atoms with van der Waals surface area (Å²) in [5.74, 6) is 0.775. The van der Waals surface area contributed by atoms with Gasteiger partial charge in [-0.25, -0.2) is 0 Å². The number of fused-ring (bicyclic) bond motifs is 1. The van der Waals surface area contributed by atoms with Crippen molar-refractivity contribution in [3.8, 4) is 5.75 Å². The molecule has 0 spiro atoms. The molecule has 1 saturated carbocycles. The summed E-state index contributed by atoms with van der Waals surface area (Å²) in [6.45, 7) is 3.98. The van der Waals surface area contributed by atoms with E-state index in [1.54, 1.807) is 7.11 Å². The highest BCUT2D eigenvalue weighted by Gasteiger charge is 2.29. The first-order chi connectivity index (χ1) is 13.6. The Morgan fingerprint density at radius 1 is 1.14 bits per heavy atom. The molecule has 4 rings (SSSR count). The lowest BCUT2D eigenvalue weighted by Gasteiger charge is -2.26. The summed E-state index contributed by atoms with van der Waals surface area (Å²) >= 11 is 0. The summed E-state index contributed by atoms with van der Waals surface area (Å²) in [5.41, 5.74) is 2.29. The molecular formula is C23H31N3O2. The van der Waals surface area contributed by atoms with E-state index >= 15 is 0 Å². The first-order valence-corrected chi connectivity index (χ1v) is 10.6. The molecule has 0 bridgehead atoms. The molecule has 1 aliphatic carbocycles. The number of methoxy groups -OCH3 is 1.